The van der Waals surface area contributed by atoms with Gasteiger partial charge in [-0.25, -0.2) is 0 Å². The average molecular weight is 406 g/mol. The lowest BCUT2D eigenvalue weighted by molar-refractivity contribution is -0.147. The van der Waals surface area contributed by atoms with Gasteiger partial charge in [0.15, 0.2) is 6.61 Å². The lowest BCUT2D eigenvalue weighted by Crippen LogP contribution is -2.21. The molecule has 0 bridgehead atoms. The fourth-order valence-corrected chi connectivity index (χ4v) is 4.42. The zero-order valence-electron chi connectivity index (χ0n) is 16.3. The van der Waals surface area contributed by atoms with E-state index in [9.17, 15) is 19.6 Å². The predicted octanol–water partition coefficient (Wildman–Crippen LogP) is 3.07. The van der Waals surface area contributed by atoms with Crippen molar-refractivity contribution < 1.29 is 19.1 Å². The van der Waals surface area contributed by atoms with Gasteiger partial charge in [-0.3, -0.25) is 14.4 Å². The SMILES string of the molecule is CC(=O)NCCCCCC(=O)OCC(=O)Nc1sc2c(c1C#N)CCCCC2. The summed E-state index contributed by atoms with van der Waals surface area (Å²) in [5, 5.41) is 15.5. The fraction of sp³-hybridized carbons (Fsp3) is 0.600. The number of aryl methyl sites for hydroxylation is 1. The quantitative estimate of drug-likeness (QED) is 0.373. The zero-order valence-corrected chi connectivity index (χ0v) is 17.1. The van der Waals surface area contributed by atoms with E-state index in [1.165, 1.54) is 23.1 Å². The fourth-order valence-electron chi connectivity index (χ4n) is 3.17. The highest BCUT2D eigenvalue weighted by atomic mass is 32.1. The van der Waals surface area contributed by atoms with Crippen LogP contribution in [0.4, 0.5) is 5.00 Å². The van der Waals surface area contributed by atoms with Crippen molar-refractivity contribution in [3.05, 3.63) is 16.0 Å². The maximum Gasteiger partial charge on any atom is 0.306 e. The van der Waals surface area contributed by atoms with E-state index in [4.69, 9.17) is 4.74 Å². The number of nitrogens with zero attached hydrogens (tertiary/aromatic N) is 1. The van der Waals surface area contributed by atoms with E-state index in [-0.39, 0.29) is 18.9 Å². The Labute approximate surface area is 169 Å². The third-order valence-electron chi connectivity index (χ3n) is 4.58. The molecule has 0 fully saturated rings. The first kappa shape index (κ1) is 21.9. The van der Waals surface area contributed by atoms with Crippen molar-refractivity contribution >= 4 is 34.1 Å². The Bertz CT molecular complexity index is 751. The number of unbranched alkanes of at least 4 members (excludes halogenated alkanes) is 2. The summed E-state index contributed by atoms with van der Waals surface area (Å²) in [6.45, 7) is 1.71. The van der Waals surface area contributed by atoms with Crippen molar-refractivity contribution in [1.82, 2.24) is 5.32 Å². The van der Waals surface area contributed by atoms with Crippen LogP contribution in [0.2, 0.25) is 0 Å². The van der Waals surface area contributed by atoms with Crippen molar-refractivity contribution in [3.63, 3.8) is 0 Å². The molecule has 1 aromatic rings. The van der Waals surface area contributed by atoms with E-state index in [2.05, 4.69) is 16.7 Å². The molecule has 28 heavy (non-hydrogen) atoms. The first-order valence-corrected chi connectivity index (χ1v) is 10.6. The second-order valence-electron chi connectivity index (χ2n) is 6.88. The highest BCUT2D eigenvalue weighted by Gasteiger charge is 2.21. The molecule has 1 aliphatic rings. The second-order valence-corrected chi connectivity index (χ2v) is 7.99. The van der Waals surface area contributed by atoms with Gasteiger partial charge in [0.25, 0.3) is 5.91 Å². The number of esters is 1. The van der Waals surface area contributed by atoms with E-state index in [0.717, 1.165) is 50.5 Å². The summed E-state index contributed by atoms with van der Waals surface area (Å²) in [6.07, 6.45) is 7.64. The summed E-state index contributed by atoms with van der Waals surface area (Å²) >= 11 is 1.46. The van der Waals surface area contributed by atoms with Gasteiger partial charge in [0.05, 0.1) is 5.56 Å². The lowest BCUT2D eigenvalue weighted by atomic mass is 10.1. The summed E-state index contributed by atoms with van der Waals surface area (Å²) < 4.78 is 5.02. The maximum absolute atomic E-state index is 12.1. The Kier molecular flexibility index (Phi) is 8.95. The monoisotopic (exact) mass is 405 g/mol. The van der Waals surface area contributed by atoms with Gasteiger partial charge in [-0.05, 0) is 44.1 Å². The van der Waals surface area contributed by atoms with Crippen LogP contribution < -0.4 is 10.6 Å². The van der Waals surface area contributed by atoms with Crippen LogP contribution >= 0.6 is 11.3 Å². The van der Waals surface area contributed by atoms with Crippen LogP contribution in [-0.4, -0.2) is 30.9 Å². The molecule has 0 aromatic carbocycles. The summed E-state index contributed by atoms with van der Waals surface area (Å²) in [7, 11) is 0. The molecular formula is C20H27N3O4S. The molecule has 1 heterocycles. The van der Waals surface area contributed by atoms with Crippen LogP contribution in [0.25, 0.3) is 0 Å². The summed E-state index contributed by atoms with van der Waals surface area (Å²) in [5.74, 6) is -0.906. The molecule has 7 nitrogen and oxygen atoms in total. The highest BCUT2D eigenvalue weighted by Crippen LogP contribution is 2.36. The number of hydrogen-bond acceptors (Lipinski definition) is 6. The first-order valence-electron chi connectivity index (χ1n) is 9.75. The molecule has 0 unspecified atom stereocenters. The van der Waals surface area contributed by atoms with Gasteiger partial charge in [0.2, 0.25) is 5.91 Å². The number of carbonyl (C=O) groups excluding carboxylic acids is 3. The van der Waals surface area contributed by atoms with Gasteiger partial charge in [0, 0.05) is 24.8 Å². The molecule has 1 aliphatic carbocycles. The minimum Gasteiger partial charge on any atom is -0.456 e. The zero-order chi connectivity index (χ0) is 20.4. The van der Waals surface area contributed by atoms with Gasteiger partial charge in [-0.2, -0.15) is 5.26 Å². The first-order chi connectivity index (χ1) is 13.5. The van der Waals surface area contributed by atoms with Crippen LogP contribution in [0.5, 0.6) is 0 Å². The number of nitriles is 1. The van der Waals surface area contributed by atoms with Crippen molar-refractivity contribution in [3.8, 4) is 6.07 Å². The molecule has 8 heteroatoms. The van der Waals surface area contributed by atoms with Crippen molar-refractivity contribution in [2.75, 3.05) is 18.5 Å². The number of nitrogens with one attached hydrogen (secondary N) is 2. The Balaban J connectivity index is 1.72. The van der Waals surface area contributed by atoms with E-state index >= 15 is 0 Å². The smallest absolute Gasteiger partial charge is 0.306 e. The van der Waals surface area contributed by atoms with Crippen LogP contribution in [0, 0.1) is 11.3 Å². The van der Waals surface area contributed by atoms with Crippen molar-refractivity contribution in [1.29, 1.82) is 5.26 Å². The van der Waals surface area contributed by atoms with Crippen LogP contribution in [0.3, 0.4) is 0 Å². The summed E-state index contributed by atoms with van der Waals surface area (Å²) in [4.78, 5) is 35.8. The standard InChI is InChI=1S/C20H27N3O4S/c1-14(24)22-11-7-3-6-10-19(26)27-13-18(25)23-20-16(12-21)15-8-4-2-5-9-17(15)28-20/h2-11,13H2,1H3,(H,22,24)(H,23,25). The Morgan fingerprint density at radius 2 is 1.93 bits per heavy atom. The largest absolute Gasteiger partial charge is 0.456 e. The van der Waals surface area contributed by atoms with Crippen LogP contribution in [0.1, 0.15) is 67.9 Å². The number of amides is 2. The molecule has 2 rings (SSSR count). The highest BCUT2D eigenvalue weighted by molar-refractivity contribution is 7.16. The number of hydrogen-bond donors (Lipinski definition) is 2. The number of fused-ring (bicyclic) bond motifs is 1. The summed E-state index contributed by atoms with van der Waals surface area (Å²) in [6, 6.07) is 2.22. The second kappa shape index (κ2) is 11.4. The molecular weight excluding hydrogens is 378 g/mol. The molecule has 0 atom stereocenters. The number of thiophene rings is 1. The normalized spacial score (nSPS) is 13.0. The number of rotatable bonds is 9. The number of ether oxygens (including phenoxy) is 1. The van der Waals surface area contributed by atoms with Gasteiger partial charge in [-0.15, -0.1) is 11.3 Å². The third-order valence-corrected chi connectivity index (χ3v) is 5.79. The van der Waals surface area contributed by atoms with Gasteiger partial charge in [-0.1, -0.05) is 12.8 Å². The van der Waals surface area contributed by atoms with Crippen LogP contribution in [-0.2, 0) is 32.0 Å². The molecule has 1 aromatic heterocycles. The molecule has 0 saturated heterocycles. The molecule has 0 radical (unpaired) electrons. The molecule has 0 aliphatic heterocycles. The van der Waals surface area contributed by atoms with E-state index in [0.29, 0.717) is 23.5 Å². The Morgan fingerprint density at radius 3 is 2.68 bits per heavy atom. The maximum atomic E-state index is 12.1. The van der Waals surface area contributed by atoms with Crippen molar-refractivity contribution in [2.24, 2.45) is 0 Å². The van der Waals surface area contributed by atoms with Crippen LogP contribution in [0.15, 0.2) is 0 Å². The minimum atomic E-state index is -0.424. The van der Waals surface area contributed by atoms with Gasteiger partial charge < -0.3 is 15.4 Å². The molecule has 152 valence electrons. The van der Waals surface area contributed by atoms with Gasteiger partial charge in [0.1, 0.15) is 11.1 Å². The molecule has 2 N–H and O–H groups in total. The predicted molar refractivity (Wildman–Crippen MR) is 107 cm³/mol. The van der Waals surface area contributed by atoms with E-state index < -0.39 is 11.9 Å². The molecule has 0 spiro atoms. The lowest BCUT2D eigenvalue weighted by Gasteiger charge is -2.06. The van der Waals surface area contributed by atoms with E-state index in [1.54, 1.807) is 0 Å². The number of carbonyl (C=O) groups is 3. The summed E-state index contributed by atoms with van der Waals surface area (Å²) in [5.41, 5.74) is 1.62. The number of anilines is 1. The third kappa shape index (κ3) is 6.97. The molecule has 2 amide bonds. The van der Waals surface area contributed by atoms with Crippen molar-refractivity contribution in [2.45, 2.75) is 64.7 Å². The topological polar surface area (TPSA) is 108 Å². The molecule has 0 saturated carbocycles. The minimum absolute atomic E-state index is 0.0628. The van der Waals surface area contributed by atoms with E-state index in [1.807, 2.05) is 0 Å². The Hall–Kier alpha value is -2.40. The average Bonchev–Trinajstić information content (AvgIpc) is 2.82. The Morgan fingerprint density at radius 1 is 1.14 bits per heavy atom. The van der Waals surface area contributed by atoms with Gasteiger partial charge >= 0.3 is 5.97 Å².